The first-order valence-corrected chi connectivity index (χ1v) is 12.1. The second-order valence-electron chi connectivity index (χ2n) is 7.28. The number of hydrogen-bond donors (Lipinski definition) is 1. The monoisotopic (exact) mass is 482 g/mol. The Morgan fingerprint density at radius 2 is 1.94 bits per heavy atom. The van der Waals surface area contributed by atoms with Gasteiger partial charge in [0.1, 0.15) is 17.2 Å². The highest BCUT2D eigenvalue weighted by atomic mass is 35.5. The van der Waals surface area contributed by atoms with Gasteiger partial charge in [0.15, 0.2) is 0 Å². The standard InChI is InChI=1S/C22H27ClN2O6S/c1-4-31-20-10-8-17(13-18(20)23)32(27,28)25-11-5-6-15(14-25)22(26)24-19-9-7-16(29-2)12-21(19)30-3/h7-10,12-13,15H,4-6,11,14H2,1-3H3,(H,24,26)/t15-/m0/s1. The molecule has 10 heteroatoms. The summed E-state index contributed by atoms with van der Waals surface area (Å²) in [7, 11) is -0.761. The summed E-state index contributed by atoms with van der Waals surface area (Å²) in [6.45, 7) is 2.66. The number of nitrogens with zero attached hydrogens (tertiary/aromatic N) is 1. The molecule has 0 bridgehead atoms. The van der Waals surface area contributed by atoms with Gasteiger partial charge in [-0.2, -0.15) is 4.31 Å². The van der Waals surface area contributed by atoms with E-state index in [-0.39, 0.29) is 22.4 Å². The number of halogens is 1. The van der Waals surface area contributed by atoms with E-state index in [1.807, 2.05) is 6.92 Å². The van der Waals surface area contributed by atoms with Crippen LogP contribution in [0.4, 0.5) is 5.69 Å². The van der Waals surface area contributed by atoms with Crippen LogP contribution < -0.4 is 19.5 Å². The van der Waals surface area contributed by atoms with Gasteiger partial charge >= 0.3 is 0 Å². The number of hydrogen-bond acceptors (Lipinski definition) is 6. The van der Waals surface area contributed by atoms with Crippen molar-refractivity contribution in [3.05, 3.63) is 41.4 Å². The van der Waals surface area contributed by atoms with Gasteiger partial charge in [0.05, 0.1) is 42.3 Å². The molecular weight excluding hydrogens is 456 g/mol. The third kappa shape index (κ3) is 5.28. The minimum Gasteiger partial charge on any atom is -0.497 e. The molecule has 1 heterocycles. The third-order valence-electron chi connectivity index (χ3n) is 5.26. The van der Waals surface area contributed by atoms with E-state index in [4.69, 9.17) is 25.8 Å². The largest absolute Gasteiger partial charge is 0.497 e. The molecule has 1 amide bonds. The second kappa shape index (κ2) is 10.4. The first-order valence-electron chi connectivity index (χ1n) is 10.3. The van der Waals surface area contributed by atoms with Crippen LogP contribution in [-0.4, -0.2) is 52.5 Å². The van der Waals surface area contributed by atoms with Crippen LogP contribution in [0.1, 0.15) is 19.8 Å². The zero-order valence-electron chi connectivity index (χ0n) is 18.3. The van der Waals surface area contributed by atoms with Crippen LogP contribution in [0.5, 0.6) is 17.2 Å². The molecule has 32 heavy (non-hydrogen) atoms. The summed E-state index contributed by atoms with van der Waals surface area (Å²) in [5, 5.41) is 3.07. The lowest BCUT2D eigenvalue weighted by Crippen LogP contribution is -2.43. The predicted octanol–water partition coefficient (Wildman–Crippen LogP) is 3.80. The number of sulfonamides is 1. The van der Waals surface area contributed by atoms with Crippen LogP contribution >= 0.6 is 11.6 Å². The average molecular weight is 483 g/mol. The number of carbonyl (C=O) groups excluding carboxylic acids is 1. The van der Waals surface area contributed by atoms with Gasteiger partial charge in [-0.25, -0.2) is 8.42 Å². The fourth-order valence-corrected chi connectivity index (χ4v) is 5.43. The van der Waals surface area contributed by atoms with Crippen molar-refractivity contribution in [3.8, 4) is 17.2 Å². The normalized spacial score (nSPS) is 16.9. The maximum absolute atomic E-state index is 13.2. The van der Waals surface area contributed by atoms with E-state index in [9.17, 15) is 13.2 Å². The van der Waals surface area contributed by atoms with Crippen LogP contribution in [0.15, 0.2) is 41.3 Å². The minimum atomic E-state index is -3.81. The maximum atomic E-state index is 13.2. The van der Waals surface area contributed by atoms with Crippen LogP contribution in [0.3, 0.4) is 0 Å². The number of rotatable bonds is 8. The van der Waals surface area contributed by atoms with Gasteiger partial charge in [0, 0.05) is 19.2 Å². The van der Waals surface area contributed by atoms with Crippen molar-refractivity contribution in [2.24, 2.45) is 5.92 Å². The molecule has 2 aromatic rings. The van der Waals surface area contributed by atoms with E-state index >= 15 is 0 Å². The molecule has 2 aromatic carbocycles. The van der Waals surface area contributed by atoms with Gasteiger partial charge in [-0.1, -0.05) is 11.6 Å². The Bertz CT molecular complexity index is 1080. The third-order valence-corrected chi connectivity index (χ3v) is 7.42. The van der Waals surface area contributed by atoms with E-state index in [1.165, 1.54) is 23.5 Å². The highest BCUT2D eigenvalue weighted by Gasteiger charge is 2.34. The minimum absolute atomic E-state index is 0.0730. The number of piperidine rings is 1. The summed E-state index contributed by atoms with van der Waals surface area (Å²) in [6, 6.07) is 9.47. The van der Waals surface area contributed by atoms with Crippen LogP contribution in [0, 0.1) is 5.92 Å². The molecule has 0 radical (unpaired) electrons. The topological polar surface area (TPSA) is 94.2 Å². The van der Waals surface area contributed by atoms with E-state index in [2.05, 4.69) is 5.32 Å². The lowest BCUT2D eigenvalue weighted by atomic mass is 9.98. The van der Waals surface area contributed by atoms with Crippen molar-refractivity contribution in [1.29, 1.82) is 0 Å². The second-order valence-corrected chi connectivity index (χ2v) is 9.63. The molecule has 174 valence electrons. The van der Waals surface area contributed by atoms with Crippen molar-refractivity contribution in [1.82, 2.24) is 4.31 Å². The van der Waals surface area contributed by atoms with Gasteiger partial charge in [0.25, 0.3) is 0 Å². The number of benzene rings is 2. The van der Waals surface area contributed by atoms with Gasteiger partial charge in [-0.05, 0) is 50.1 Å². The molecule has 1 fully saturated rings. The first kappa shape index (κ1) is 24.2. The molecule has 0 saturated carbocycles. The van der Waals surface area contributed by atoms with Gasteiger partial charge in [-0.15, -0.1) is 0 Å². The van der Waals surface area contributed by atoms with Gasteiger partial charge < -0.3 is 19.5 Å². The van der Waals surface area contributed by atoms with Crippen LogP contribution in [0.25, 0.3) is 0 Å². The molecule has 3 rings (SSSR count). The average Bonchev–Trinajstić information content (AvgIpc) is 2.80. The Morgan fingerprint density at radius 3 is 2.59 bits per heavy atom. The Labute approximate surface area is 193 Å². The van der Waals surface area contributed by atoms with Crippen LogP contribution in [-0.2, 0) is 14.8 Å². The van der Waals surface area contributed by atoms with Gasteiger partial charge in [-0.3, -0.25) is 4.79 Å². The fourth-order valence-electron chi connectivity index (χ4n) is 3.57. The van der Waals surface area contributed by atoms with Crippen molar-refractivity contribution in [2.75, 3.05) is 39.2 Å². The number of nitrogens with one attached hydrogen (secondary N) is 1. The number of amides is 1. The number of ether oxygens (including phenoxy) is 3. The lowest BCUT2D eigenvalue weighted by Gasteiger charge is -2.31. The summed E-state index contributed by atoms with van der Waals surface area (Å²) < 4.78 is 43.5. The summed E-state index contributed by atoms with van der Waals surface area (Å²) in [5.41, 5.74) is 0.497. The Hall–Kier alpha value is -2.49. The molecule has 1 aliphatic heterocycles. The van der Waals surface area contributed by atoms with E-state index in [1.54, 1.807) is 31.4 Å². The molecule has 1 atom stereocenters. The predicted molar refractivity (Wildman–Crippen MR) is 122 cm³/mol. The molecule has 0 aromatic heterocycles. The fraction of sp³-hybridized carbons (Fsp3) is 0.409. The number of carbonyl (C=O) groups is 1. The van der Waals surface area contributed by atoms with Crippen molar-refractivity contribution in [3.63, 3.8) is 0 Å². The molecule has 1 aliphatic rings. The Morgan fingerprint density at radius 1 is 1.16 bits per heavy atom. The smallest absolute Gasteiger partial charge is 0.243 e. The Balaban J connectivity index is 1.74. The molecule has 1 saturated heterocycles. The van der Waals surface area contributed by atoms with Crippen molar-refractivity contribution < 1.29 is 27.4 Å². The molecule has 1 N–H and O–H groups in total. The zero-order valence-corrected chi connectivity index (χ0v) is 19.8. The summed E-state index contributed by atoms with van der Waals surface area (Å²) in [6.07, 6.45) is 1.15. The lowest BCUT2D eigenvalue weighted by molar-refractivity contribution is -0.120. The summed E-state index contributed by atoms with van der Waals surface area (Å²) >= 11 is 6.18. The summed E-state index contributed by atoms with van der Waals surface area (Å²) in [5.74, 6) is 0.727. The molecular formula is C22H27ClN2O6S. The SMILES string of the molecule is CCOc1ccc(S(=O)(=O)N2CCC[C@H](C(=O)Nc3ccc(OC)cc3OC)C2)cc1Cl. The quantitative estimate of drug-likeness (QED) is 0.615. The highest BCUT2D eigenvalue weighted by Crippen LogP contribution is 2.32. The molecule has 0 spiro atoms. The number of anilines is 1. The summed E-state index contributed by atoms with van der Waals surface area (Å²) in [4.78, 5) is 13.0. The van der Waals surface area contributed by atoms with E-state index in [0.717, 1.165) is 0 Å². The maximum Gasteiger partial charge on any atom is 0.243 e. The Kier molecular flexibility index (Phi) is 7.86. The first-order chi connectivity index (χ1) is 15.3. The van der Waals surface area contributed by atoms with Gasteiger partial charge in [0.2, 0.25) is 15.9 Å². The highest BCUT2D eigenvalue weighted by molar-refractivity contribution is 7.89. The van der Waals surface area contributed by atoms with Crippen molar-refractivity contribution >= 4 is 33.2 Å². The number of methoxy groups -OCH3 is 2. The van der Waals surface area contributed by atoms with Crippen molar-refractivity contribution in [2.45, 2.75) is 24.7 Å². The molecule has 8 nitrogen and oxygen atoms in total. The van der Waals surface area contributed by atoms with Crippen LogP contribution in [0.2, 0.25) is 5.02 Å². The van der Waals surface area contributed by atoms with E-state index < -0.39 is 15.9 Å². The molecule has 0 aliphatic carbocycles. The molecule has 0 unspecified atom stereocenters. The van der Waals surface area contributed by atoms with E-state index in [0.29, 0.717) is 48.9 Å². The zero-order chi connectivity index (χ0) is 23.3.